The number of amides is 2. The van der Waals surface area contributed by atoms with Gasteiger partial charge in [0.15, 0.2) is 0 Å². The molecule has 3 rings (SSSR count). The molecule has 34 heavy (non-hydrogen) atoms. The van der Waals surface area contributed by atoms with Crippen LogP contribution in [0.25, 0.3) is 10.8 Å². The van der Waals surface area contributed by atoms with Gasteiger partial charge in [0.1, 0.15) is 12.1 Å². The Labute approximate surface area is 199 Å². The summed E-state index contributed by atoms with van der Waals surface area (Å²) in [5.74, 6) is -1.34. The Kier molecular flexibility index (Phi) is 8.38. The molecule has 180 valence electrons. The van der Waals surface area contributed by atoms with Gasteiger partial charge in [0, 0.05) is 11.8 Å². The zero-order valence-corrected chi connectivity index (χ0v) is 19.8. The summed E-state index contributed by atoms with van der Waals surface area (Å²) < 4.78 is 29.2. The van der Waals surface area contributed by atoms with E-state index in [4.69, 9.17) is 11.5 Å². The number of hydrogen-bond donors (Lipinski definition) is 4. The molecule has 9 heteroatoms. The fourth-order valence-corrected chi connectivity index (χ4v) is 5.26. The lowest BCUT2D eigenvalue weighted by molar-refractivity contribution is -0.128. The van der Waals surface area contributed by atoms with Crippen molar-refractivity contribution >= 4 is 32.6 Å². The molecule has 3 aromatic carbocycles. The second-order valence-electron chi connectivity index (χ2n) is 8.18. The third-order valence-electron chi connectivity index (χ3n) is 5.64. The second kappa shape index (κ2) is 11.2. The molecule has 0 saturated carbocycles. The van der Waals surface area contributed by atoms with Crippen LogP contribution in [0.15, 0.2) is 71.6 Å². The maximum Gasteiger partial charge on any atom is 0.241 e. The molecule has 2 atom stereocenters. The van der Waals surface area contributed by atoms with E-state index >= 15 is 0 Å². The highest BCUT2D eigenvalue weighted by atomic mass is 32.2. The molecule has 3 aromatic rings. The van der Waals surface area contributed by atoms with Crippen LogP contribution in [0.5, 0.6) is 0 Å². The van der Waals surface area contributed by atoms with E-state index in [2.05, 4.69) is 10.0 Å². The molecule has 0 unspecified atom stereocenters. The summed E-state index contributed by atoms with van der Waals surface area (Å²) in [5, 5.41) is 3.99. The predicted octanol–water partition coefficient (Wildman–Crippen LogP) is 1.75. The highest BCUT2D eigenvalue weighted by Gasteiger charge is 2.29. The third kappa shape index (κ3) is 6.19. The monoisotopic (exact) mass is 482 g/mol. The van der Waals surface area contributed by atoms with Crippen molar-refractivity contribution in [3.8, 4) is 0 Å². The van der Waals surface area contributed by atoms with Crippen molar-refractivity contribution in [1.82, 2.24) is 10.0 Å². The lowest BCUT2D eigenvalue weighted by atomic mass is 10.0. The standard InChI is InChI=1S/C25H30N4O4S/c1-17-13-14-23(20-11-6-5-10-19(17)20)34(32,33)29-21(12-7-15-26)25(31)28-22(24(27)30)16-18-8-3-2-4-9-18/h2-6,8-11,13-14,21-22,29H,7,12,15-16,26H2,1H3,(H2,27,30)(H,28,31)/t21-,22-/m0/s1. The number of sulfonamides is 1. The number of fused-ring (bicyclic) bond motifs is 1. The van der Waals surface area contributed by atoms with Gasteiger partial charge in [-0.3, -0.25) is 9.59 Å². The van der Waals surface area contributed by atoms with Crippen molar-refractivity contribution in [2.75, 3.05) is 6.54 Å². The zero-order chi connectivity index (χ0) is 24.7. The SMILES string of the molecule is Cc1ccc(S(=O)(=O)N[C@@H](CCCN)C(=O)N[C@@H](Cc2ccccc2)C(N)=O)c2ccccc12. The predicted molar refractivity (Wildman–Crippen MR) is 132 cm³/mol. The number of carbonyl (C=O) groups is 2. The van der Waals surface area contributed by atoms with Gasteiger partial charge in [-0.1, -0.05) is 60.7 Å². The normalized spacial score (nSPS) is 13.4. The van der Waals surface area contributed by atoms with Crippen LogP contribution >= 0.6 is 0 Å². The Morgan fingerprint density at radius 2 is 1.56 bits per heavy atom. The first kappa shape index (κ1) is 25.4. The molecule has 8 nitrogen and oxygen atoms in total. The zero-order valence-electron chi connectivity index (χ0n) is 19.0. The molecule has 0 aromatic heterocycles. The fourth-order valence-electron chi connectivity index (χ4n) is 3.82. The molecule has 0 radical (unpaired) electrons. The average molecular weight is 483 g/mol. The van der Waals surface area contributed by atoms with Gasteiger partial charge < -0.3 is 16.8 Å². The van der Waals surface area contributed by atoms with Crippen molar-refractivity contribution in [2.24, 2.45) is 11.5 Å². The second-order valence-corrected chi connectivity index (χ2v) is 9.87. The summed E-state index contributed by atoms with van der Waals surface area (Å²) in [6, 6.07) is 17.5. The summed E-state index contributed by atoms with van der Waals surface area (Å²) >= 11 is 0. The lowest BCUT2D eigenvalue weighted by Crippen LogP contribution is -2.53. The summed E-state index contributed by atoms with van der Waals surface area (Å²) in [4.78, 5) is 25.2. The van der Waals surface area contributed by atoms with Gasteiger partial charge in [0.2, 0.25) is 21.8 Å². The van der Waals surface area contributed by atoms with Gasteiger partial charge in [-0.05, 0) is 48.9 Å². The van der Waals surface area contributed by atoms with E-state index in [1.807, 2.05) is 49.4 Å². The molecule has 0 fully saturated rings. The minimum Gasteiger partial charge on any atom is -0.368 e. The van der Waals surface area contributed by atoms with Gasteiger partial charge in [-0.15, -0.1) is 0 Å². The van der Waals surface area contributed by atoms with Crippen molar-refractivity contribution in [3.05, 3.63) is 77.9 Å². The van der Waals surface area contributed by atoms with Crippen molar-refractivity contribution in [2.45, 2.75) is 43.2 Å². The largest absolute Gasteiger partial charge is 0.368 e. The van der Waals surface area contributed by atoms with E-state index in [9.17, 15) is 18.0 Å². The summed E-state index contributed by atoms with van der Waals surface area (Å²) in [6.07, 6.45) is 0.776. The van der Waals surface area contributed by atoms with Crippen LogP contribution in [-0.4, -0.2) is 38.9 Å². The molecule has 2 amide bonds. The Balaban J connectivity index is 1.85. The molecular formula is C25H30N4O4S. The number of nitrogens with two attached hydrogens (primary N) is 2. The van der Waals surface area contributed by atoms with Crippen LogP contribution in [0.3, 0.4) is 0 Å². The first-order chi connectivity index (χ1) is 16.2. The fraction of sp³-hybridized carbons (Fsp3) is 0.280. The van der Waals surface area contributed by atoms with Crippen LogP contribution < -0.4 is 21.5 Å². The molecule has 0 aliphatic rings. The minimum atomic E-state index is -4.06. The first-order valence-electron chi connectivity index (χ1n) is 11.1. The number of hydrogen-bond acceptors (Lipinski definition) is 5. The van der Waals surface area contributed by atoms with Crippen LogP contribution in [0.2, 0.25) is 0 Å². The smallest absolute Gasteiger partial charge is 0.241 e. The molecule has 0 heterocycles. The number of aryl methyl sites for hydroxylation is 1. The Morgan fingerprint density at radius 1 is 0.912 bits per heavy atom. The quantitative estimate of drug-likeness (QED) is 0.329. The molecule has 0 aliphatic heterocycles. The van der Waals surface area contributed by atoms with Crippen molar-refractivity contribution < 1.29 is 18.0 Å². The van der Waals surface area contributed by atoms with Crippen LogP contribution in [0, 0.1) is 6.92 Å². The molecular weight excluding hydrogens is 452 g/mol. The highest BCUT2D eigenvalue weighted by Crippen LogP contribution is 2.26. The number of rotatable bonds is 11. The van der Waals surface area contributed by atoms with E-state index in [0.29, 0.717) is 11.8 Å². The maximum absolute atomic E-state index is 13.3. The third-order valence-corrected chi connectivity index (χ3v) is 7.17. The van der Waals surface area contributed by atoms with Crippen molar-refractivity contribution in [1.29, 1.82) is 0 Å². The summed E-state index contributed by atoms with van der Waals surface area (Å²) in [5.41, 5.74) is 12.9. The van der Waals surface area contributed by atoms with E-state index in [1.165, 1.54) is 6.07 Å². The first-order valence-corrected chi connectivity index (χ1v) is 12.6. The van der Waals surface area contributed by atoms with E-state index in [0.717, 1.165) is 16.5 Å². The topological polar surface area (TPSA) is 144 Å². The number of carbonyl (C=O) groups excluding carboxylic acids is 2. The van der Waals surface area contributed by atoms with Crippen LogP contribution in [-0.2, 0) is 26.0 Å². The molecule has 0 aliphatic carbocycles. The van der Waals surface area contributed by atoms with Crippen LogP contribution in [0.1, 0.15) is 24.0 Å². The molecule has 6 N–H and O–H groups in total. The highest BCUT2D eigenvalue weighted by molar-refractivity contribution is 7.89. The van der Waals surface area contributed by atoms with E-state index in [1.54, 1.807) is 18.2 Å². The summed E-state index contributed by atoms with van der Waals surface area (Å²) in [7, 11) is -4.06. The Bertz CT molecular complexity index is 1260. The van der Waals surface area contributed by atoms with E-state index in [-0.39, 0.29) is 24.3 Å². The summed E-state index contributed by atoms with van der Waals surface area (Å²) in [6.45, 7) is 2.18. The maximum atomic E-state index is 13.3. The minimum absolute atomic E-state index is 0.0787. The average Bonchev–Trinajstić information content (AvgIpc) is 2.82. The number of benzene rings is 3. The molecule has 0 bridgehead atoms. The molecule has 0 saturated heterocycles. The van der Waals surface area contributed by atoms with Gasteiger partial charge in [0.05, 0.1) is 4.90 Å². The van der Waals surface area contributed by atoms with Gasteiger partial charge in [0.25, 0.3) is 0 Å². The Morgan fingerprint density at radius 3 is 2.21 bits per heavy atom. The van der Waals surface area contributed by atoms with Gasteiger partial charge in [-0.2, -0.15) is 4.72 Å². The number of nitrogens with one attached hydrogen (secondary N) is 2. The lowest BCUT2D eigenvalue weighted by Gasteiger charge is -2.22. The van der Waals surface area contributed by atoms with Gasteiger partial charge >= 0.3 is 0 Å². The Hall–Kier alpha value is -3.27. The number of primary amides is 1. The van der Waals surface area contributed by atoms with Crippen LogP contribution in [0.4, 0.5) is 0 Å². The van der Waals surface area contributed by atoms with Gasteiger partial charge in [-0.25, -0.2) is 8.42 Å². The molecule has 0 spiro atoms. The van der Waals surface area contributed by atoms with Crippen molar-refractivity contribution in [3.63, 3.8) is 0 Å². The van der Waals surface area contributed by atoms with E-state index < -0.39 is 33.9 Å².